The van der Waals surface area contributed by atoms with E-state index in [-0.39, 0.29) is 24.8 Å². The maximum Gasteiger partial charge on any atom is 0.294 e. The molecule has 1 aliphatic heterocycles. The fourth-order valence-corrected chi connectivity index (χ4v) is 3.38. The van der Waals surface area contributed by atoms with Crippen LogP contribution in [0.15, 0.2) is 29.1 Å². The first kappa shape index (κ1) is 21.4. The summed E-state index contributed by atoms with van der Waals surface area (Å²) in [6, 6.07) is 5.08. The van der Waals surface area contributed by atoms with Crippen LogP contribution >= 0.6 is 0 Å². The third-order valence-electron chi connectivity index (χ3n) is 4.83. The number of carbonyl (C=O) groups excluding carboxylic acids is 2. The van der Waals surface area contributed by atoms with Crippen LogP contribution in [0.3, 0.4) is 0 Å². The number of carbonyl (C=O) groups is 2. The van der Waals surface area contributed by atoms with Gasteiger partial charge in [0.05, 0.1) is 12.6 Å². The molecule has 0 aliphatic carbocycles. The van der Waals surface area contributed by atoms with E-state index in [0.717, 1.165) is 6.42 Å². The highest BCUT2D eigenvalue weighted by atomic mass is 19.1. The van der Waals surface area contributed by atoms with Crippen LogP contribution in [-0.2, 0) is 11.3 Å². The van der Waals surface area contributed by atoms with Crippen LogP contribution in [0.4, 0.5) is 4.39 Å². The molecule has 0 radical (unpaired) electrons. The summed E-state index contributed by atoms with van der Waals surface area (Å²) in [6.07, 6.45) is 1.32. The Balaban J connectivity index is 1.81. The highest BCUT2D eigenvalue weighted by Gasteiger charge is 2.33. The normalized spacial score (nSPS) is 16.1. The molecule has 9 nitrogen and oxygen atoms in total. The van der Waals surface area contributed by atoms with E-state index in [4.69, 9.17) is 0 Å². The Morgan fingerprint density at radius 1 is 1.33 bits per heavy atom. The predicted molar refractivity (Wildman–Crippen MR) is 106 cm³/mol. The van der Waals surface area contributed by atoms with Gasteiger partial charge in [-0.15, -0.1) is 0 Å². The molecule has 1 unspecified atom stereocenters. The second-order valence-corrected chi connectivity index (χ2v) is 7.44. The average Bonchev–Trinajstić information content (AvgIpc) is 3.19. The molecule has 30 heavy (non-hydrogen) atoms. The number of H-pyrrole nitrogens is 1. The van der Waals surface area contributed by atoms with Crippen molar-refractivity contribution in [3.63, 3.8) is 0 Å². The minimum absolute atomic E-state index is 0.0687. The Morgan fingerprint density at radius 2 is 2.03 bits per heavy atom. The van der Waals surface area contributed by atoms with Gasteiger partial charge in [0.25, 0.3) is 11.5 Å². The monoisotopic (exact) mass is 417 g/mol. The Hall–Kier alpha value is -3.27. The number of aromatic hydroxyl groups is 1. The molecule has 0 saturated carbocycles. The number of aromatic nitrogens is 2. The van der Waals surface area contributed by atoms with Crippen LogP contribution in [-0.4, -0.2) is 63.9 Å². The lowest BCUT2D eigenvalue weighted by Crippen LogP contribution is -2.38. The van der Waals surface area contributed by atoms with Crippen molar-refractivity contribution in [2.45, 2.75) is 25.4 Å². The third-order valence-corrected chi connectivity index (χ3v) is 4.83. The molecule has 1 fully saturated rings. The van der Waals surface area contributed by atoms with Gasteiger partial charge in [-0.3, -0.25) is 14.4 Å². The van der Waals surface area contributed by atoms with Gasteiger partial charge in [0.2, 0.25) is 11.7 Å². The summed E-state index contributed by atoms with van der Waals surface area (Å²) >= 11 is 0. The zero-order valence-electron chi connectivity index (χ0n) is 16.8. The number of halogens is 1. The number of likely N-dealkylation sites (N-methyl/N-ethyl adjacent to an activating group) is 1. The maximum absolute atomic E-state index is 13.0. The summed E-state index contributed by atoms with van der Waals surface area (Å²) in [4.78, 5) is 47.3. The third kappa shape index (κ3) is 4.82. The van der Waals surface area contributed by atoms with Crippen molar-refractivity contribution in [2.75, 3.05) is 27.2 Å². The lowest BCUT2D eigenvalue weighted by atomic mass is 10.2. The SMILES string of the molecule is CN(C)CC(=O)N1CCCC1c1nc(C(=O)NCc2ccc(F)cc2)c(O)c(=O)[nH]1. The maximum atomic E-state index is 13.0. The minimum Gasteiger partial charge on any atom is -0.501 e. The number of aromatic amines is 1. The summed E-state index contributed by atoms with van der Waals surface area (Å²) in [6.45, 7) is 0.803. The van der Waals surface area contributed by atoms with Gasteiger partial charge in [0, 0.05) is 13.1 Å². The van der Waals surface area contributed by atoms with Crippen LogP contribution in [0.25, 0.3) is 0 Å². The van der Waals surface area contributed by atoms with E-state index in [1.54, 1.807) is 23.9 Å². The molecule has 1 aromatic heterocycles. The quantitative estimate of drug-likeness (QED) is 0.639. The van der Waals surface area contributed by atoms with Crippen molar-refractivity contribution in [3.05, 3.63) is 57.5 Å². The molecule has 3 N–H and O–H groups in total. The molecule has 0 bridgehead atoms. The van der Waals surface area contributed by atoms with Gasteiger partial charge in [0.15, 0.2) is 5.69 Å². The number of hydrogen-bond acceptors (Lipinski definition) is 6. The number of benzene rings is 1. The predicted octanol–water partition coefficient (Wildman–Crippen LogP) is 0.770. The fourth-order valence-electron chi connectivity index (χ4n) is 3.38. The molecule has 2 heterocycles. The second-order valence-electron chi connectivity index (χ2n) is 7.44. The summed E-state index contributed by atoms with van der Waals surface area (Å²) in [7, 11) is 3.57. The van der Waals surface area contributed by atoms with E-state index in [1.807, 2.05) is 0 Å². The van der Waals surface area contributed by atoms with Crippen molar-refractivity contribution in [3.8, 4) is 5.75 Å². The van der Waals surface area contributed by atoms with E-state index in [2.05, 4.69) is 15.3 Å². The first-order valence-electron chi connectivity index (χ1n) is 9.56. The summed E-state index contributed by atoms with van der Waals surface area (Å²) < 4.78 is 13.0. The number of rotatable bonds is 6. The van der Waals surface area contributed by atoms with E-state index in [9.17, 15) is 23.9 Å². The lowest BCUT2D eigenvalue weighted by Gasteiger charge is -2.25. The van der Waals surface area contributed by atoms with Crippen molar-refractivity contribution >= 4 is 11.8 Å². The molecule has 1 atom stereocenters. The van der Waals surface area contributed by atoms with E-state index in [1.165, 1.54) is 24.3 Å². The number of nitrogens with zero attached hydrogens (tertiary/aromatic N) is 3. The Labute approximate surface area is 172 Å². The Kier molecular flexibility index (Phi) is 6.46. The largest absolute Gasteiger partial charge is 0.501 e. The molecule has 10 heteroatoms. The Bertz CT molecular complexity index is 990. The molecule has 0 spiro atoms. The number of nitrogens with one attached hydrogen (secondary N) is 2. The number of amides is 2. The molecule has 1 saturated heterocycles. The first-order chi connectivity index (χ1) is 14.3. The van der Waals surface area contributed by atoms with Gasteiger partial charge in [-0.25, -0.2) is 9.37 Å². The summed E-state index contributed by atoms with van der Waals surface area (Å²) in [5.74, 6) is -1.88. The molecule has 2 amide bonds. The molecular formula is C20H24FN5O4. The zero-order chi connectivity index (χ0) is 21.8. The van der Waals surface area contributed by atoms with Gasteiger partial charge in [-0.2, -0.15) is 0 Å². The zero-order valence-corrected chi connectivity index (χ0v) is 16.8. The highest BCUT2D eigenvalue weighted by molar-refractivity contribution is 5.94. The summed E-state index contributed by atoms with van der Waals surface area (Å²) in [5.41, 5.74) is -0.618. The number of hydrogen-bond donors (Lipinski definition) is 3. The molecule has 1 aliphatic rings. The first-order valence-corrected chi connectivity index (χ1v) is 9.56. The molecular weight excluding hydrogens is 393 g/mol. The standard InChI is InChI=1S/C20H24FN5O4/c1-25(2)11-15(27)26-9-3-4-14(26)18-23-16(17(28)20(30)24-18)19(29)22-10-12-5-7-13(21)8-6-12/h5-8,14,28H,3-4,9-11H2,1-2H3,(H,22,29)(H,23,24,30). The molecule has 2 aromatic rings. The fraction of sp³-hybridized carbons (Fsp3) is 0.400. The van der Waals surface area contributed by atoms with E-state index in [0.29, 0.717) is 18.5 Å². The summed E-state index contributed by atoms with van der Waals surface area (Å²) in [5, 5.41) is 12.6. The van der Waals surface area contributed by atoms with Crippen molar-refractivity contribution in [1.29, 1.82) is 0 Å². The second kappa shape index (κ2) is 9.04. The van der Waals surface area contributed by atoms with Gasteiger partial charge in [0.1, 0.15) is 11.6 Å². The Morgan fingerprint density at radius 3 is 2.70 bits per heavy atom. The van der Waals surface area contributed by atoms with Crippen LogP contribution in [0.1, 0.15) is 40.8 Å². The van der Waals surface area contributed by atoms with Crippen LogP contribution in [0.2, 0.25) is 0 Å². The average molecular weight is 417 g/mol. The smallest absolute Gasteiger partial charge is 0.294 e. The molecule has 3 rings (SSSR count). The topological polar surface area (TPSA) is 119 Å². The van der Waals surface area contributed by atoms with E-state index < -0.39 is 34.8 Å². The van der Waals surface area contributed by atoms with Gasteiger partial charge >= 0.3 is 0 Å². The van der Waals surface area contributed by atoms with Gasteiger partial charge in [-0.1, -0.05) is 12.1 Å². The minimum atomic E-state index is -0.848. The van der Waals surface area contributed by atoms with E-state index >= 15 is 0 Å². The van der Waals surface area contributed by atoms with Crippen molar-refractivity contribution < 1.29 is 19.1 Å². The highest BCUT2D eigenvalue weighted by Crippen LogP contribution is 2.30. The van der Waals surface area contributed by atoms with Crippen molar-refractivity contribution in [2.24, 2.45) is 0 Å². The van der Waals surface area contributed by atoms with Gasteiger partial charge < -0.3 is 25.2 Å². The van der Waals surface area contributed by atoms with Crippen LogP contribution in [0, 0.1) is 5.82 Å². The van der Waals surface area contributed by atoms with Gasteiger partial charge in [-0.05, 0) is 44.6 Å². The molecule has 160 valence electrons. The van der Waals surface area contributed by atoms with Crippen molar-refractivity contribution in [1.82, 2.24) is 25.1 Å². The number of likely N-dealkylation sites (tertiary alicyclic amines) is 1. The van der Waals surface area contributed by atoms with Crippen LogP contribution < -0.4 is 10.9 Å². The molecule has 1 aromatic carbocycles. The lowest BCUT2D eigenvalue weighted by molar-refractivity contribution is -0.132. The van der Waals surface area contributed by atoms with Crippen LogP contribution in [0.5, 0.6) is 5.75 Å².